The van der Waals surface area contributed by atoms with Crippen molar-refractivity contribution in [2.75, 3.05) is 10.6 Å². The van der Waals surface area contributed by atoms with Crippen molar-refractivity contribution in [1.82, 2.24) is 0 Å². The molecule has 2 unspecified atom stereocenters. The highest BCUT2D eigenvalue weighted by atomic mass is 16.5. The second kappa shape index (κ2) is 15.6. The van der Waals surface area contributed by atoms with Gasteiger partial charge >= 0.3 is 5.97 Å². The molecule has 4 aromatic rings. The van der Waals surface area contributed by atoms with E-state index in [1.165, 1.54) is 17.5 Å². The third-order valence-electron chi connectivity index (χ3n) is 11.2. The lowest BCUT2D eigenvalue weighted by Gasteiger charge is -2.48. The van der Waals surface area contributed by atoms with Crippen LogP contribution in [0.3, 0.4) is 0 Å². The minimum absolute atomic E-state index is 0.0463. The Hall–Kier alpha value is -4.78. The summed E-state index contributed by atoms with van der Waals surface area (Å²) in [6, 6.07) is 31.8. The molecule has 56 heavy (non-hydrogen) atoms. The van der Waals surface area contributed by atoms with Gasteiger partial charge in [0, 0.05) is 27.7 Å². The number of hydrogen-bond acceptors (Lipinski definition) is 6. The van der Waals surface area contributed by atoms with Crippen LogP contribution in [0, 0.1) is 22.2 Å². The van der Waals surface area contributed by atoms with Gasteiger partial charge in [0.2, 0.25) is 5.91 Å². The first-order chi connectivity index (χ1) is 25.9. The van der Waals surface area contributed by atoms with Crippen LogP contribution in [0.2, 0.25) is 0 Å². The number of hydrogen-bond donors (Lipinski definition) is 2. The molecule has 4 aromatic carbocycles. The third-order valence-corrected chi connectivity index (χ3v) is 11.2. The minimum atomic E-state index is -0.897. The molecule has 1 aliphatic carbocycles. The SMILES string of the molecule is CC1CC(C)(C)CC(c2ccc(OC(=O)C(C)(C)C(C)(C)Nc3ccc(Oc4ccc(NC(=O)C(C)(C)C)cc4)cc3)cc2)(c2ccc(OC(C)(C)C)cc2)C1. The summed E-state index contributed by atoms with van der Waals surface area (Å²) in [5, 5.41) is 6.48. The molecule has 1 saturated carbocycles. The molecule has 0 saturated heterocycles. The van der Waals surface area contributed by atoms with Crippen molar-refractivity contribution in [3.63, 3.8) is 0 Å². The highest BCUT2D eigenvalue weighted by Gasteiger charge is 2.46. The maximum Gasteiger partial charge on any atom is 0.319 e. The van der Waals surface area contributed by atoms with E-state index in [0.717, 1.165) is 24.3 Å². The lowest BCUT2D eigenvalue weighted by molar-refractivity contribution is -0.146. The van der Waals surface area contributed by atoms with E-state index < -0.39 is 16.4 Å². The van der Waals surface area contributed by atoms with Crippen molar-refractivity contribution in [3.8, 4) is 23.0 Å². The van der Waals surface area contributed by atoms with E-state index in [4.69, 9.17) is 14.2 Å². The van der Waals surface area contributed by atoms with E-state index in [0.29, 0.717) is 28.9 Å². The van der Waals surface area contributed by atoms with E-state index in [1.807, 2.05) is 109 Å². The highest BCUT2D eigenvalue weighted by molar-refractivity contribution is 5.94. The molecule has 0 bridgehead atoms. The predicted octanol–water partition coefficient (Wildman–Crippen LogP) is 12.6. The van der Waals surface area contributed by atoms with E-state index in [1.54, 1.807) is 0 Å². The van der Waals surface area contributed by atoms with Gasteiger partial charge in [-0.1, -0.05) is 65.8 Å². The zero-order chi connectivity index (χ0) is 41.3. The first-order valence-electron chi connectivity index (χ1n) is 20.0. The zero-order valence-electron chi connectivity index (χ0n) is 36.0. The first-order valence-corrected chi connectivity index (χ1v) is 20.0. The topological polar surface area (TPSA) is 85.9 Å². The average Bonchev–Trinajstić information content (AvgIpc) is 3.08. The summed E-state index contributed by atoms with van der Waals surface area (Å²) >= 11 is 0. The summed E-state index contributed by atoms with van der Waals surface area (Å²) in [6.45, 7) is 26.8. The van der Waals surface area contributed by atoms with Crippen molar-refractivity contribution >= 4 is 23.3 Å². The van der Waals surface area contributed by atoms with Crippen LogP contribution >= 0.6 is 0 Å². The molecule has 0 spiro atoms. The molecule has 7 nitrogen and oxygen atoms in total. The van der Waals surface area contributed by atoms with Gasteiger partial charge in [-0.2, -0.15) is 0 Å². The summed E-state index contributed by atoms with van der Waals surface area (Å²) in [5.74, 6) is 2.91. The Morgan fingerprint density at radius 1 is 0.625 bits per heavy atom. The fraction of sp³-hybridized carbons (Fsp3) is 0.469. The molecule has 0 aromatic heterocycles. The number of carbonyl (C=O) groups excluding carboxylic acids is 2. The Balaban J connectivity index is 1.26. The summed E-state index contributed by atoms with van der Waals surface area (Å²) in [5.41, 5.74) is 1.76. The number of nitrogens with one attached hydrogen (secondary N) is 2. The van der Waals surface area contributed by atoms with Gasteiger partial charge in [0.25, 0.3) is 0 Å². The molecule has 7 heteroatoms. The molecule has 2 atom stereocenters. The smallest absolute Gasteiger partial charge is 0.319 e. The van der Waals surface area contributed by atoms with Gasteiger partial charge in [-0.15, -0.1) is 0 Å². The van der Waals surface area contributed by atoms with Crippen molar-refractivity contribution < 1.29 is 23.8 Å². The summed E-state index contributed by atoms with van der Waals surface area (Å²) < 4.78 is 18.3. The summed E-state index contributed by atoms with van der Waals surface area (Å²) in [4.78, 5) is 26.2. The van der Waals surface area contributed by atoms with Crippen molar-refractivity contribution in [2.45, 2.75) is 126 Å². The number of anilines is 2. The van der Waals surface area contributed by atoms with Gasteiger partial charge < -0.3 is 24.8 Å². The normalized spacial score (nSPS) is 18.8. The fourth-order valence-corrected chi connectivity index (χ4v) is 7.89. The molecule has 1 amide bonds. The van der Waals surface area contributed by atoms with E-state index in [2.05, 4.69) is 88.6 Å². The molecule has 0 aliphatic heterocycles. The van der Waals surface area contributed by atoms with Crippen LogP contribution in [0.5, 0.6) is 23.0 Å². The van der Waals surface area contributed by atoms with E-state index in [-0.39, 0.29) is 28.3 Å². The molecular weight excluding hydrogens is 697 g/mol. The zero-order valence-corrected chi connectivity index (χ0v) is 36.0. The average molecular weight is 761 g/mol. The number of ether oxygens (including phenoxy) is 3. The Morgan fingerprint density at radius 3 is 1.55 bits per heavy atom. The maximum absolute atomic E-state index is 13.9. The van der Waals surface area contributed by atoms with Crippen LogP contribution in [0.25, 0.3) is 0 Å². The molecule has 300 valence electrons. The number of amides is 1. The molecule has 0 radical (unpaired) electrons. The second-order valence-electron chi connectivity index (χ2n) is 19.8. The van der Waals surface area contributed by atoms with Crippen molar-refractivity contribution in [2.24, 2.45) is 22.2 Å². The van der Waals surface area contributed by atoms with Crippen molar-refractivity contribution in [1.29, 1.82) is 0 Å². The Bertz CT molecular complexity index is 1960. The third kappa shape index (κ3) is 10.1. The Kier molecular flexibility index (Phi) is 11.8. The van der Waals surface area contributed by atoms with Crippen LogP contribution < -0.4 is 24.8 Å². The first kappa shape index (κ1) is 42.4. The van der Waals surface area contributed by atoms with Crippen LogP contribution in [-0.4, -0.2) is 23.0 Å². The number of rotatable bonds is 11. The van der Waals surface area contributed by atoms with Gasteiger partial charge in [-0.25, -0.2) is 0 Å². The lowest BCUT2D eigenvalue weighted by Crippen LogP contribution is -2.52. The molecular formula is C49H64N2O5. The largest absolute Gasteiger partial charge is 0.488 e. The van der Waals surface area contributed by atoms with Gasteiger partial charge in [0.15, 0.2) is 0 Å². The maximum atomic E-state index is 13.9. The monoisotopic (exact) mass is 760 g/mol. The molecule has 2 N–H and O–H groups in total. The van der Waals surface area contributed by atoms with Crippen molar-refractivity contribution in [3.05, 3.63) is 108 Å². The van der Waals surface area contributed by atoms with Gasteiger partial charge in [0.05, 0.1) is 5.41 Å². The lowest BCUT2D eigenvalue weighted by atomic mass is 9.55. The summed E-state index contributed by atoms with van der Waals surface area (Å²) in [6.07, 6.45) is 3.25. The van der Waals surface area contributed by atoms with Crippen LogP contribution in [-0.2, 0) is 15.0 Å². The quantitative estimate of drug-likeness (QED) is 0.117. The number of esters is 1. The Morgan fingerprint density at radius 2 is 1.09 bits per heavy atom. The van der Waals surface area contributed by atoms with Crippen LogP contribution in [0.15, 0.2) is 97.1 Å². The van der Waals surface area contributed by atoms with Gasteiger partial charge in [-0.05, 0) is 163 Å². The highest BCUT2D eigenvalue weighted by Crippen LogP contribution is 2.54. The predicted molar refractivity (Wildman–Crippen MR) is 229 cm³/mol. The Labute approximate surface area is 335 Å². The fourth-order valence-electron chi connectivity index (χ4n) is 7.89. The standard InChI is InChI=1S/C49H64N2O5/c1-33-30-46(8,9)32-49(31-33,35-16-24-41(25-17-35)56-45(5,6)7)34-14-22-40(23-15-34)55-43(53)47(10,11)48(12,13)51-37-20-28-39(29-21-37)54-38-26-18-36(19-27-38)50-42(52)44(2,3)4/h14-29,33,51H,30-32H2,1-13H3,(H,50,52). The van der Waals surface area contributed by atoms with Crippen LogP contribution in [0.1, 0.15) is 120 Å². The van der Waals surface area contributed by atoms with E-state index >= 15 is 0 Å². The van der Waals surface area contributed by atoms with Crippen LogP contribution in [0.4, 0.5) is 11.4 Å². The molecule has 0 heterocycles. The van der Waals surface area contributed by atoms with E-state index in [9.17, 15) is 9.59 Å². The van der Waals surface area contributed by atoms with Gasteiger partial charge in [-0.3, -0.25) is 9.59 Å². The molecule has 1 fully saturated rings. The van der Waals surface area contributed by atoms with Gasteiger partial charge in [0.1, 0.15) is 28.6 Å². The molecule has 1 aliphatic rings. The number of benzene rings is 4. The molecule has 5 rings (SSSR count). The number of carbonyl (C=O) groups is 2. The second-order valence-corrected chi connectivity index (χ2v) is 19.8. The summed E-state index contributed by atoms with van der Waals surface area (Å²) in [7, 11) is 0. The minimum Gasteiger partial charge on any atom is -0.488 e.